The molecule has 0 fully saturated rings. The zero-order valence-corrected chi connectivity index (χ0v) is 10.2. The van der Waals surface area contributed by atoms with Crippen LogP contribution in [0.2, 0.25) is 5.02 Å². The van der Waals surface area contributed by atoms with Gasteiger partial charge in [-0.3, -0.25) is 0 Å². The Bertz CT molecular complexity index is 479. The highest BCUT2D eigenvalue weighted by molar-refractivity contribution is 9.10. The van der Waals surface area contributed by atoms with E-state index in [1.54, 1.807) is 0 Å². The SMILES string of the molecule is Nc1cc(-c2ccc(Cl)cc2)ccc1Br. The normalized spacial score (nSPS) is 10.3. The second-order valence-electron chi connectivity index (χ2n) is 3.24. The first-order chi connectivity index (χ1) is 7.16. The molecule has 0 radical (unpaired) electrons. The molecule has 0 aliphatic heterocycles. The third-order valence-corrected chi connectivity index (χ3v) is 3.15. The molecule has 2 rings (SSSR count). The Kier molecular flexibility index (Phi) is 2.98. The van der Waals surface area contributed by atoms with E-state index in [4.69, 9.17) is 17.3 Å². The van der Waals surface area contributed by atoms with Gasteiger partial charge in [-0.25, -0.2) is 0 Å². The van der Waals surface area contributed by atoms with E-state index in [1.165, 1.54) is 0 Å². The standard InChI is InChI=1S/C12H9BrClN/c13-11-6-3-9(7-12(11)15)8-1-4-10(14)5-2-8/h1-7H,15H2. The molecule has 0 heterocycles. The van der Waals surface area contributed by atoms with Gasteiger partial charge in [0, 0.05) is 15.2 Å². The number of hydrogen-bond acceptors (Lipinski definition) is 1. The number of rotatable bonds is 1. The van der Waals surface area contributed by atoms with Crippen molar-refractivity contribution in [1.82, 2.24) is 0 Å². The molecule has 76 valence electrons. The van der Waals surface area contributed by atoms with E-state index in [0.29, 0.717) is 0 Å². The fourth-order valence-corrected chi connectivity index (χ4v) is 1.74. The molecule has 0 aromatic heterocycles. The molecular weight excluding hydrogens is 273 g/mol. The monoisotopic (exact) mass is 281 g/mol. The molecule has 0 bridgehead atoms. The van der Waals surface area contributed by atoms with E-state index >= 15 is 0 Å². The maximum absolute atomic E-state index is 5.82. The number of benzene rings is 2. The minimum absolute atomic E-state index is 0.738. The van der Waals surface area contributed by atoms with Gasteiger partial charge in [-0.2, -0.15) is 0 Å². The summed E-state index contributed by atoms with van der Waals surface area (Å²) in [4.78, 5) is 0. The highest BCUT2D eigenvalue weighted by atomic mass is 79.9. The van der Waals surface area contributed by atoms with Crippen LogP contribution in [0.3, 0.4) is 0 Å². The lowest BCUT2D eigenvalue weighted by Crippen LogP contribution is -1.87. The number of halogens is 2. The second kappa shape index (κ2) is 4.25. The average Bonchev–Trinajstić information content (AvgIpc) is 2.23. The lowest BCUT2D eigenvalue weighted by Gasteiger charge is -2.04. The molecule has 0 atom stereocenters. The van der Waals surface area contributed by atoms with Crippen molar-refractivity contribution in [2.24, 2.45) is 0 Å². The first kappa shape index (κ1) is 10.5. The summed E-state index contributed by atoms with van der Waals surface area (Å²) < 4.78 is 0.917. The summed E-state index contributed by atoms with van der Waals surface area (Å²) in [5, 5.41) is 0.740. The van der Waals surface area contributed by atoms with Gasteiger partial charge in [0.25, 0.3) is 0 Å². The van der Waals surface area contributed by atoms with Crippen LogP contribution in [0.1, 0.15) is 0 Å². The highest BCUT2D eigenvalue weighted by Gasteiger charge is 2.00. The zero-order valence-electron chi connectivity index (χ0n) is 7.87. The molecule has 3 heteroatoms. The fourth-order valence-electron chi connectivity index (χ4n) is 1.37. The van der Waals surface area contributed by atoms with Crippen molar-refractivity contribution in [2.45, 2.75) is 0 Å². The van der Waals surface area contributed by atoms with Crippen molar-refractivity contribution in [1.29, 1.82) is 0 Å². The van der Waals surface area contributed by atoms with Crippen molar-refractivity contribution < 1.29 is 0 Å². The largest absolute Gasteiger partial charge is 0.398 e. The van der Waals surface area contributed by atoms with Gasteiger partial charge < -0.3 is 5.73 Å². The minimum Gasteiger partial charge on any atom is -0.398 e. The summed E-state index contributed by atoms with van der Waals surface area (Å²) in [6.45, 7) is 0. The molecule has 0 amide bonds. The molecule has 0 spiro atoms. The van der Waals surface area contributed by atoms with Crippen LogP contribution in [-0.2, 0) is 0 Å². The van der Waals surface area contributed by atoms with Crippen LogP contribution in [0.4, 0.5) is 5.69 Å². The van der Waals surface area contributed by atoms with E-state index in [1.807, 2.05) is 42.5 Å². The first-order valence-electron chi connectivity index (χ1n) is 4.48. The average molecular weight is 283 g/mol. The Hall–Kier alpha value is -0.990. The van der Waals surface area contributed by atoms with Gasteiger partial charge in [-0.15, -0.1) is 0 Å². The Morgan fingerprint density at radius 2 is 1.53 bits per heavy atom. The van der Waals surface area contributed by atoms with Gasteiger partial charge in [-0.1, -0.05) is 29.8 Å². The van der Waals surface area contributed by atoms with Crippen LogP contribution in [0, 0.1) is 0 Å². The Morgan fingerprint density at radius 3 is 2.13 bits per heavy atom. The molecule has 1 nitrogen and oxygen atoms in total. The number of anilines is 1. The molecule has 0 unspecified atom stereocenters. The topological polar surface area (TPSA) is 26.0 Å². The predicted octanol–water partition coefficient (Wildman–Crippen LogP) is 4.35. The van der Waals surface area contributed by atoms with Crippen molar-refractivity contribution in [2.75, 3.05) is 5.73 Å². The Balaban J connectivity index is 2.45. The van der Waals surface area contributed by atoms with Crippen molar-refractivity contribution in [3.05, 3.63) is 52.0 Å². The molecule has 2 aromatic carbocycles. The molecule has 2 aromatic rings. The molecule has 2 N–H and O–H groups in total. The summed E-state index contributed by atoms with van der Waals surface area (Å²) >= 11 is 9.19. The maximum atomic E-state index is 5.82. The van der Waals surface area contributed by atoms with Crippen LogP contribution in [0.25, 0.3) is 11.1 Å². The van der Waals surface area contributed by atoms with Crippen LogP contribution >= 0.6 is 27.5 Å². The van der Waals surface area contributed by atoms with Gasteiger partial charge in [-0.05, 0) is 51.3 Å². The van der Waals surface area contributed by atoms with Gasteiger partial charge in [0.05, 0.1) is 0 Å². The molecule has 0 saturated heterocycles. The van der Waals surface area contributed by atoms with Crippen molar-refractivity contribution >= 4 is 33.2 Å². The molecule has 0 saturated carbocycles. The Labute approximate surface area is 102 Å². The third-order valence-electron chi connectivity index (χ3n) is 2.17. The summed E-state index contributed by atoms with van der Waals surface area (Å²) in [5.41, 5.74) is 8.75. The molecule has 15 heavy (non-hydrogen) atoms. The van der Waals surface area contributed by atoms with Crippen LogP contribution in [0.5, 0.6) is 0 Å². The minimum atomic E-state index is 0.738. The smallest absolute Gasteiger partial charge is 0.0464 e. The first-order valence-corrected chi connectivity index (χ1v) is 5.65. The third kappa shape index (κ3) is 2.33. The second-order valence-corrected chi connectivity index (χ2v) is 4.53. The van der Waals surface area contributed by atoms with Crippen molar-refractivity contribution in [3.63, 3.8) is 0 Å². The van der Waals surface area contributed by atoms with Crippen LogP contribution in [0.15, 0.2) is 46.9 Å². The van der Waals surface area contributed by atoms with Gasteiger partial charge in [0.1, 0.15) is 0 Å². The molecule has 0 aliphatic carbocycles. The van der Waals surface area contributed by atoms with E-state index < -0.39 is 0 Å². The van der Waals surface area contributed by atoms with Crippen LogP contribution in [-0.4, -0.2) is 0 Å². The summed E-state index contributed by atoms with van der Waals surface area (Å²) in [5.74, 6) is 0. The van der Waals surface area contributed by atoms with E-state index in [9.17, 15) is 0 Å². The summed E-state index contributed by atoms with van der Waals surface area (Å²) in [7, 11) is 0. The number of nitrogen functional groups attached to an aromatic ring is 1. The molecular formula is C12H9BrClN. The number of hydrogen-bond donors (Lipinski definition) is 1. The lowest BCUT2D eigenvalue weighted by atomic mass is 10.1. The van der Waals surface area contributed by atoms with Crippen LogP contribution < -0.4 is 5.73 Å². The number of nitrogens with two attached hydrogens (primary N) is 1. The van der Waals surface area contributed by atoms with E-state index in [2.05, 4.69) is 15.9 Å². The molecule has 0 aliphatic rings. The lowest BCUT2D eigenvalue weighted by molar-refractivity contribution is 1.59. The Morgan fingerprint density at radius 1 is 0.933 bits per heavy atom. The van der Waals surface area contributed by atoms with Crippen molar-refractivity contribution in [3.8, 4) is 11.1 Å². The summed E-state index contributed by atoms with van der Waals surface area (Å²) in [6.07, 6.45) is 0. The highest BCUT2D eigenvalue weighted by Crippen LogP contribution is 2.27. The van der Waals surface area contributed by atoms with E-state index in [0.717, 1.165) is 26.3 Å². The quantitative estimate of drug-likeness (QED) is 0.773. The van der Waals surface area contributed by atoms with Gasteiger partial charge in [0.15, 0.2) is 0 Å². The van der Waals surface area contributed by atoms with Gasteiger partial charge in [0.2, 0.25) is 0 Å². The zero-order chi connectivity index (χ0) is 10.8. The van der Waals surface area contributed by atoms with E-state index in [-0.39, 0.29) is 0 Å². The fraction of sp³-hybridized carbons (Fsp3) is 0. The van der Waals surface area contributed by atoms with Gasteiger partial charge >= 0.3 is 0 Å². The predicted molar refractivity (Wildman–Crippen MR) is 69.0 cm³/mol. The maximum Gasteiger partial charge on any atom is 0.0464 e. The summed E-state index contributed by atoms with van der Waals surface area (Å²) in [6, 6.07) is 13.6.